The van der Waals surface area contributed by atoms with Gasteiger partial charge in [-0.3, -0.25) is 0 Å². The molecule has 11 heavy (non-hydrogen) atoms. The molecule has 2 rings (SSSR count). The van der Waals surface area contributed by atoms with E-state index in [1.54, 1.807) is 24.0 Å². The maximum absolute atomic E-state index is 5.79. The largest absolute Gasteiger partial charge is 0.242 e. The number of hydrogen-bond acceptors (Lipinski definition) is 3. The molecule has 0 bridgehead atoms. The van der Waals surface area contributed by atoms with Crippen molar-refractivity contribution >= 4 is 17.1 Å². The number of aromatic nitrogens is 4. The van der Waals surface area contributed by atoms with Gasteiger partial charge in [0.15, 0.2) is 5.15 Å². The fourth-order valence-corrected chi connectivity index (χ4v) is 1.15. The third-order valence-electron chi connectivity index (χ3n) is 1.34. The fourth-order valence-electron chi connectivity index (χ4n) is 0.894. The molecule has 0 amide bonds. The van der Waals surface area contributed by atoms with Crippen LogP contribution in [0, 0.1) is 6.92 Å². The number of halogens is 1. The zero-order valence-corrected chi connectivity index (χ0v) is 6.58. The Kier molecular flexibility index (Phi) is 1.29. The van der Waals surface area contributed by atoms with Gasteiger partial charge in [0.2, 0.25) is 0 Å². The van der Waals surface area contributed by atoms with Crippen molar-refractivity contribution in [2.75, 3.05) is 0 Å². The van der Waals surface area contributed by atoms with Crippen LogP contribution in [0.15, 0.2) is 12.5 Å². The molecule has 0 N–H and O–H groups in total. The summed E-state index contributed by atoms with van der Waals surface area (Å²) in [5.41, 5.74) is 0.734. The Morgan fingerprint density at radius 1 is 1.55 bits per heavy atom. The van der Waals surface area contributed by atoms with Crippen LogP contribution in [0.3, 0.4) is 0 Å². The van der Waals surface area contributed by atoms with Crippen molar-refractivity contribution < 1.29 is 0 Å². The van der Waals surface area contributed by atoms with Crippen molar-refractivity contribution in [3.05, 3.63) is 23.5 Å². The zero-order chi connectivity index (χ0) is 7.84. The maximum atomic E-state index is 5.79. The van der Waals surface area contributed by atoms with Crippen LogP contribution >= 0.6 is 11.6 Å². The molecule has 2 aromatic rings. The molecule has 0 spiro atoms. The van der Waals surface area contributed by atoms with Gasteiger partial charge in [-0.05, 0) is 6.92 Å². The summed E-state index contributed by atoms with van der Waals surface area (Å²) >= 11 is 5.79. The maximum Gasteiger partial charge on any atom is 0.158 e. The Morgan fingerprint density at radius 3 is 3.18 bits per heavy atom. The molecular weight excluding hydrogens is 164 g/mol. The standard InChI is InChI=1S/C6H5ClN4/c1-4-9-6(7)5-2-8-3-11(5)10-4/h2-3H,1H3. The minimum absolute atomic E-state index is 0.440. The van der Waals surface area contributed by atoms with E-state index in [0.717, 1.165) is 5.52 Å². The van der Waals surface area contributed by atoms with Gasteiger partial charge in [-0.2, -0.15) is 5.10 Å². The van der Waals surface area contributed by atoms with E-state index in [0.29, 0.717) is 11.0 Å². The predicted molar refractivity (Wildman–Crippen MR) is 40.5 cm³/mol. The predicted octanol–water partition coefficient (Wildman–Crippen LogP) is 1.09. The molecule has 0 aliphatic heterocycles. The zero-order valence-electron chi connectivity index (χ0n) is 5.82. The van der Waals surface area contributed by atoms with Crippen LogP contribution < -0.4 is 0 Å². The van der Waals surface area contributed by atoms with Crippen molar-refractivity contribution in [1.82, 2.24) is 19.6 Å². The highest BCUT2D eigenvalue weighted by molar-refractivity contribution is 6.32. The van der Waals surface area contributed by atoms with Gasteiger partial charge < -0.3 is 0 Å². The summed E-state index contributed by atoms with van der Waals surface area (Å²) in [5.74, 6) is 0.639. The molecule has 0 saturated carbocycles. The van der Waals surface area contributed by atoms with E-state index >= 15 is 0 Å². The Balaban J connectivity index is 2.91. The summed E-state index contributed by atoms with van der Waals surface area (Å²) in [5, 5.41) is 4.49. The summed E-state index contributed by atoms with van der Waals surface area (Å²) in [4.78, 5) is 7.85. The van der Waals surface area contributed by atoms with Crippen molar-refractivity contribution in [3.8, 4) is 0 Å². The molecule has 0 aromatic carbocycles. The number of imidazole rings is 1. The summed E-state index contributed by atoms with van der Waals surface area (Å²) < 4.78 is 1.60. The number of rotatable bonds is 0. The first kappa shape index (κ1) is 6.54. The molecule has 4 nitrogen and oxygen atoms in total. The topological polar surface area (TPSA) is 43.1 Å². The molecule has 2 aromatic heterocycles. The molecule has 0 radical (unpaired) electrons. The SMILES string of the molecule is Cc1nc(Cl)c2cncn2n1. The van der Waals surface area contributed by atoms with Gasteiger partial charge in [-0.1, -0.05) is 11.6 Å². The molecule has 0 atom stereocenters. The third kappa shape index (κ3) is 0.952. The Morgan fingerprint density at radius 2 is 2.36 bits per heavy atom. The molecule has 0 fully saturated rings. The van der Waals surface area contributed by atoms with Gasteiger partial charge in [0.1, 0.15) is 17.7 Å². The Labute approximate surface area is 67.8 Å². The molecule has 0 aliphatic carbocycles. The van der Waals surface area contributed by atoms with E-state index in [-0.39, 0.29) is 0 Å². The van der Waals surface area contributed by atoms with Gasteiger partial charge >= 0.3 is 0 Å². The number of hydrogen-bond donors (Lipinski definition) is 0. The first-order valence-electron chi connectivity index (χ1n) is 3.10. The first-order chi connectivity index (χ1) is 5.27. The van der Waals surface area contributed by atoms with E-state index in [1.807, 2.05) is 0 Å². The van der Waals surface area contributed by atoms with E-state index in [2.05, 4.69) is 15.1 Å². The highest BCUT2D eigenvalue weighted by Crippen LogP contribution is 2.11. The van der Waals surface area contributed by atoms with E-state index in [4.69, 9.17) is 11.6 Å². The fraction of sp³-hybridized carbons (Fsp3) is 0.167. The second-order valence-electron chi connectivity index (χ2n) is 2.17. The second kappa shape index (κ2) is 2.17. The van der Waals surface area contributed by atoms with Gasteiger partial charge in [0.05, 0.1) is 6.20 Å². The summed E-state index contributed by atoms with van der Waals surface area (Å²) in [6.45, 7) is 1.78. The van der Waals surface area contributed by atoms with Crippen LogP contribution in [0.1, 0.15) is 5.82 Å². The van der Waals surface area contributed by atoms with Crippen molar-refractivity contribution in [2.45, 2.75) is 6.92 Å². The normalized spacial score (nSPS) is 10.7. The summed E-state index contributed by atoms with van der Waals surface area (Å²) in [6, 6.07) is 0. The van der Waals surface area contributed by atoms with Gasteiger partial charge in [-0.25, -0.2) is 14.5 Å². The highest BCUT2D eigenvalue weighted by Gasteiger charge is 2.01. The molecule has 0 saturated heterocycles. The van der Waals surface area contributed by atoms with Crippen molar-refractivity contribution in [2.24, 2.45) is 0 Å². The minimum atomic E-state index is 0.440. The van der Waals surface area contributed by atoms with E-state index < -0.39 is 0 Å². The smallest absolute Gasteiger partial charge is 0.158 e. The van der Waals surface area contributed by atoms with E-state index in [1.165, 1.54) is 0 Å². The molecule has 2 heterocycles. The lowest BCUT2D eigenvalue weighted by molar-refractivity contribution is 0.849. The second-order valence-corrected chi connectivity index (χ2v) is 2.53. The van der Waals surface area contributed by atoms with Crippen molar-refractivity contribution in [3.63, 3.8) is 0 Å². The molecular formula is C6H5ClN4. The van der Waals surface area contributed by atoms with Crippen molar-refractivity contribution in [1.29, 1.82) is 0 Å². The molecule has 5 heteroatoms. The average Bonchev–Trinajstić information content (AvgIpc) is 2.34. The van der Waals surface area contributed by atoms with Crippen LogP contribution in [0.5, 0.6) is 0 Å². The lowest BCUT2D eigenvalue weighted by atomic mass is 10.6. The monoisotopic (exact) mass is 168 g/mol. The molecule has 0 aliphatic rings. The third-order valence-corrected chi connectivity index (χ3v) is 1.62. The molecule has 0 unspecified atom stereocenters. The summed E-state index contributed by atoms with van der Waals surface area (Å²) in [7, 11) is 0. The Bertz CT molecular complexity index is 394. The lowest BCUT2D eigenvalue weighted by Gasteiger charge is -1.95. The molecule has 56 valence electrons. The highest BCUT2D eigenvalue weighted by atomic mass is 35.5. The van der Waals surface area contributed by atoms with Gasteiger partial charge in [0, 0.05) is 0 Å². The number of aryl methyl sites for hydroxylation is 1. The quantitative estimate of drug-likeness (QED) is 0.592. The van der Waals surface area contributed by atoms with Crippen LogP contribution in [0.25, 0.3) is 5.52 Å². The lowest BCUT2D eigenvalue weighted by Crippen LogP contribution is -1.96. The average molecular weight is 169 g/mol. The Hall–Kier alpha value is -1.16. The first-order valence-corrected chi connectivity index (χ1v) is 3.47. The van der Waals surface area contributed by atoms with Crippen LogP contribution in [-0.2, 0) is 0 Å². The minimum Gasteiger partial charge on any atom is -0.242 e. The van der Waals surface area contributed by atoms with Crippen LogP contribution in [0.2, 0.25) is 5.15 Å². The number of nitrogens with zero attached hydrogens (tertiary/aromatic N) is 4. The van der Waals surface area contributed by atoms with E-state index in [9.17, 15) is 0 Å². The number of fused-ring (bicyclic) bond motifs is 1. The summed E-state index contributed by atoms with van der Waals surface area (Å²) in [6.07, 6.45) is 3.22. The van der Waals surface area contributed by atoms with Gasteiger partial charge in [0.25, 0.3) is 0 Å². The van der Waals surface area contributed by atoms with Crippen LogP contribution in [0.4, 0.5) is 0 Å². The van der Waals surface area contributed by atoms with Gasteiger partial charge in [-0.15, -0.1) is 0 Å². The van der Waals surface area contributed by atoms with Crippen LogP contribution in [-0.4, -0.2) is 19.6 Å².